The van der Waals surface area contributed by atoms with Gasteiger partial charge >= 0.3 is 0 Å². The van der Waals surface area contributed by atoms with Crippen molar-refractivity contribution < 1.29 is 18.3 Å². The molecule has 0 aliphatic rings. The van der Waals surface area contributed by atoms with E-state index < -0.39 is 30.1 Å². The number of anilines is 1. The number of hydrogen-bond donors (Lipinski definition) is 2. The standard InChI is InChI=1S/C15H14F3NO/c1-9-4-11(17)6-12(5-9)19-15(8-20)13-7-10(16)2-3-14(13)18/h2-7,15,19-20H,8H2,1H3. The summed E-state index contributed by atoms with van der Waals surface area (Å²) in [5.74, 6) is -1.67. The highest BCUT2D eigenvalue weighted by Crippen LogP contribution is 2.24. The minimum Gasteiger partial charge on any atom is -0.394 e. The molecule has 1 atom stereocenters. The molecule has 0 saturated heterocycles. The lowest BCUT2D eigenvalue weighted by Crippen LogP contribution is -2.16. The highest BCUT2D eigenvalue weighted by molar-refractivity contribution is 5.48. The lowest BCUT2D eigenvalue weighted by Gasteiger charge is -2.19. The fourth-order valence-electron chi connectivity index (χ4n) is 2.02. The zero-order valence-corrected chi connectivity index (χ0v) is 10.8. The van der Waals surface area contributed by atoms with Gasteiger partial charge in [-0.3, -0.25) is 0 Å². The summed E-state index contributed by atoms with van der Waals surface area (Å²) in [5.41, 5.74) is 1.07. The smallest absolute Gasteiger partial charge is 0.128 e. The van der Waals surface area contributed by atoms with Gasteiger partial charge in [-0.15, -0.1) is 0 Å². The molecule has 5 heteroatoms. The van der Waals surface area contributed by atoms with Gasteiger partial charge in [-0.1, -0.05) is 0 Å². The first-order valence-corrected chi connectivity index (χ1v) is 6.09. The van der Waals surface area contributed by atoms with Crippen LogP contribution in [-0.4, -0.2) is 11.7 Å². The molecule has 0 amide bonds. The topological polar surface area (TPSA) is 32.3 Å². The lowest BCUT2D eigenvalue weighted by molar-refractivity contribution is 0.273. The van der Waals surface area contributed by atoms with Crippen LogP contribution < -0.4 is 5.32 Å². The van der Waals surface area contributed by atoms with Crippen LogP contribution in [0.3, 0.4) is 0 Å². The third-order valence-corrected chi connectivity index (χ3v) is 2.90. The Morgan fingerprint density at radius 2 is 1.80 bits per heavy atom. The van der Waals surface area contributed by atoms with Crippen molar-refractivity contribution in [3.05, 3.63) is 65.0 Å². The van der Waals surface area contributed by atoms with E-state index in [1.165, 1.54) is 12.1 Å². The van der Waals surface area contributed by atoms with Crippen molar-refractivity contribution in [1.29, 1.82) is 0 Å². The number of aliphatic hydroxyl groups excluding tert-OH is 1. The van der Waals surface area contributed by atoms with Crippen LogP contribution in [0.1, 0.15) is 17.2 Å². The number of benzene rings is 2. The Hall–Kier alpha value is -2.01. The number of rotatable bonds is 4. The third kappa shape index (κ3) is 3.30. The SMILES string of the molecule is Cc1cc(F)cc(NC(CO)c2cc(F)ccc2F)c1. The van der Waals surface area contributed by atoms with Crippen LogP contribution in [-0.2, 0) is 0 Å². The molecule has 0 fully saturated rings. The van der Waals surface area contributed by atoms with Crippen molar-refractivity contribution in [3.8, 4) is 0 Å². The van der Waals surface area contributed by atoms with E-state index >= 15 is 0 Å². The maximum Gasteiger partial charge on any atom is 0.128 e. The summed E-state index contributed by atoms with van der Waals surface area (Å²) in [6.07, 6.45) is 0. The average Bonchev–Trinajstić information content (AvgIpc) is 2.38. The maximum atomic E-state index is 13.7. The quantitative estimate of drug-likeness (QED) is 0.898. The zero-order valence-electron chi connectivity index (χ0n) is 10.8. The van der Waals surface area contributed by atoms with E-state index in [9.17, 15) is 18.3 Å². The van der Waals surface area contributed by atoms with E-state index in [1.807, 2.05) is 0 Å². The molecule has 0 bridgehead atoms. The Bertz CT molecular complexity index is 596. The number of nitrogens with one attached hydrogen (secondary N) is 1. The molecule has 0 radical (unpaired) electrons. The van der Waals surface area contributed by atoms with Crippen LogP contribution in [0.5, 0.6) is 0 Å². The Kier molecular flexibility index (Phi) is 4.29. The number of aryl methyl sites for hydroxylation is 1. The predicted octanol–water partition coefficient (Wildman–Crippen LogP) is 3.56. The lowest BCUT2D eigenvalue weighted by atomic mass is 10.1. The molecule has 0 heterocycles. The summed E-state index contributed by atoms with van der Waals surface area (Å²) in [6, 6.07) is 6.38. The van der Waals surface area contributed by atoms with Crippen LogP contribution in [0, 0.1) is 24.4 Å². The van der Waals surface area contributed by atoms with Gasteiger partial charge in [0.25, 0.3) is 0 Å². The van der Waals surface area contributed by atoms with Gasteiger partial charge in [0.1, 0.15) is 17.5 Å². The summed E-state index contributed by atoms with van der Waals surface area (Å²) >= 11 is 0. The number of halogens is 3. The van der Waals surface area contributed by atoms with E-state index in [0.29, 0.717) is 11.3 Å². The molecule has 20 heavy (non-hydrogen) atoms. The molecule has 2 aromatic carbocycles. The molecule has 0 spiro atoms. The van der Waals surface area contributed by atoms with Crippen molar-refractivity contribution in [1.82, 2.24) is 0 Å². The summed E-state index contributed by atoms with van der Waals surface area (Å²) in [5, 5.41) is 12.1. The summed E-state index contributed by atoms with van der Waals surface area (Å²) in [4.78, 5) is 0. The molecular formula is C15H14F3NO. The molecule has 0 aromatic heterocycles. The van der Waals surface area contributed by atoms with Crippen LogP contribution >= 0.6 is 0 Å². The zero-order chi connectivity index (χ0) is 14.7. The predicted molar refractivity (Wildman–Crippen MR) is 70.9 cm³/mol. The molecule has 2 nitrogen and oxygen atoms in total. The summed E-state index contributed by atoms with van der Waals surface area (Å²) in [7, 11) is 0. The van der Waals surface area contributed by atoms with Crippen LogP contribution in [0.4, 0.5) is 18.9 Å². The van der Waals surface area contributed by atoms with E-state index in [2.05, 4.69) is 5.32 Å². The first kappa shape index (κ1) is 14.4. The molecule has 0 aliphatic heterocycles. The number of hydrogen-bond acceptors (Lipinski definition) is 2. The minimum absolute atomic E-state index is 0.00517. The monoisotopic (exact) mass is 281 g/mol. The van der Waals surface area contributed by atoms with Crippen LogP contribution in [0.2, 0.25) is 0 Å². The van der Waals surface area contributed by atoms with Crippen LogP contribution in [0.25, 0.3) is 0 Å². The molecule has 106 valence electrons. The minimum atomic E-state index is -0.855. The van der Waals surface area contributed by atoms with E-state index in [1.54, 1.807) is 13.0 Å². The molecule has 0 saturated carbocycles. The first-order valence-electron chi connectivity index (χ1n) is 6.09. The normalized spacial score (nSPS) is 12.2. The van der Waals surface area contributed by atoms with Crippen molar-refractivity contribution in [2.45, 2.75) is 13.0 Å². The Morgan fingerprint density at radius 3 is 2.45 bits per heavy atom. The Morgan fingerprint density at radius 1 is 1.05 bits per heavy atom. The van der Waals surface area contributed by atoms with E-state index in [-0.39, 0.29) is 5.56 Å². The Labute approximate surface area is 114 Å². The second-order valence-electron chi connectivity index (χ2n) is 4.56. The van der Waals surface area contributed by atoms with Crippen molar-refractivity contribution in [2.75, 3.05) is 11.9 Å². The van der Waals surface area contributed by atoms with Gasteiger partial charge in [0, 0.05) is 11.3 Å². The van der Waals surface area contributed by atoms with Gasteiger partial charge in [-0.2, -0.15) is 0 Å². The second kappa shape index (κ2) is 5.96. The Balaban J connectivity index is 2.31. The van der Waals surface area contributed by atoms with Gasteiger partial charge in [-0.25, -0.2) is 13.2 Å². The van der Waals surface area contributed by atoms with Crippen molar-refractivity contribution in [3.63, 3.8) is 0 Å². The van der Waals surface area contributed by atoms with Crippen molar-refractivity contribution >= 4 is 5.69 Å². The number of aliphatic hydroxyl groups is 1. The molecule has 2 aromatic rings. The summed E-state index contributed by atoms with van der Waals surface area (Å²) < 4.78 is 40.1. The third-order valence-electron chi connectivity index (χ3n) is 2.90. The molecule has 1 unspecified atom stereocenters. The van der Waals surface area contributed by atoms with Gasteiger partial charge in [-0.05, 0) is 48.9 Å². The first-order chi connectivity index (χ1) is 9.49. The maximum absolute atomic E-state index is 13.7. The largest absolute Gasteiger partial charge is 0.394 e. The summed E-state index contributed by atoms with van der Waals surface area (Å²) in [6.45, 7) is 1.26. The van der Waals surface area contributed by atoms with Crippen LogP contribution in [0.15, 0.2) is 36.4 Å². The van der Waals surface area contributed by atoms with E-state index in [0.717, 1.165) is 18.2 Å². The van der Waals surface area contributed by atoms with Gasteiger partial charge in [0.15, 0.2) is 0 Å². The highest BCUT2D eigenvalue weighted by Gasteiger charge is 2.16. The molecule has 2 N–H and O–H groups in total. The van der Waals surface area contributed by atoms with Gasteiger partial charge < -0.3 is 10.4 Å². The fourth-order valence-corrected chi connectivity index (χ4v) is 2.02. The second-order valence-corrected chi connectivity index (χ2v) is 4.56. The van der Waals surface area contributed by atoms with Gasteiger partial charge in [0.05, 0.1) is 12.6 Å². The average molecular weight is 281 g/mol. The van der Waals surface area contributed by atoms with Crippen molar-refractivity contribution in [2.24, 2.45) is 0 Å². The van der Waals surface area contributed by atoms with Gasteiger partial charge in [0.2, 0.25) is 0 Å². The highest BCUT2D eigenvalue weighted by atomic mass is 19.1. The van der Waals surface area contributed by atoms with E-state index in [4.69, 9.17) is 0 Å². The fraction of sp³-hybridized carbons (Fsp3) is 0.200. The molecule has 0 aliphatic carbocycles. The molecule has 2 rings (SSSR count). The molecular weight excluding hydrogens is 267 g/mol.